The molecule has 0 aliphatic carbocycles. The first kappa shape index (κ1) is 21.5. The van der Waals surface area contributed by atoms with Crippen molar-refractivity contribution < 1.29 is 27.4 Å². The van der Waals surface area contributed by atoms with Gasteiger partial charge >= 0.3 is 18.2 Å². The van der Waals surface area contributed by atoms with Crippen LogP contribution in [0, 0.1) is 0 Å². The average Bonchev–Trinajstić information content (AvgIpc) is 2.58. The molecule has 28 heavy (non-hydrogen) atoms. The molecule has 152 valence electrons. The van der Waals surface area contributed by atoms with Crippen molar-refractivity contribution in [3.8, 4) is 17.3 Å². The number of esters is 1. The van der Waals surface area contributed by atoms with Crippen molar-refractivity contribution in [2.45, 2.75) is 52.3 Å². The van der Waals surface area contributed by atoms with Gasteiger partial charge in [-0.2, -0.15) is 18.2 Å². The van der Waals surface area contributed by atoms with E-state index in [0.717, 1.165) is 12.4 Å². The van der Waals surface area contributed by atoms with Crippen LogP contribution in [0.2, 0.25) is 0 Å². The summed E-state index contributed by atoms with van der Waals surface area (Å²) in [5.74, 6) is -1.62. The number of carbonyl (C=O) groups excluding carboxylic acids is 1. The molecule has 0 aliphatic rings. The molecule has 0 atom stereocenters. The van der Waals surface area contributed by atoms with Crippen molar-refractivity contribution in [1.29, 1.82) is 0 Å². The number of hydrogen-bond donors (Lipinski definition) is 0. The van der Waals surface area contributed by atoms with E-state index in [-0.39, 0.29) is 30.4 Å². The van der Waals surface area contributed by atoms with E-state index in [0.29, 0.717) is 18.0 Å². The summed E-state index contributed by atoms with van der Waals surface area (Å²) < 4.78 is 48.5. The monoisotopic (exact) mass is 398 g/mol. The Morgan fingerprint density at radius 1 is 1.11 bits per heavy atom. The van der Waals surface area contributed by atoms with Crippen LogP contribution in [0.15, 0.2) is 18.5 Å². The second-order valence-corrected chi connectivity index (χ2v) is 6.84. The number of halogens is 3. The molecule has 0 radical (unpaired) electrons. The SMILES string of the molecule is CCOc1nc(CCC(=O)OC(C)(C)C)cc(-c2cnc(C(F)(F)F)nc2)n1. The van der Waals surface area contributed by atoms with Crippen LogP contribution in [0.1, 0.15) is 45.6 Å². The summed E-state index contributed by atoms with van der Waals surface area (Å²) in [5.41, 5.74) is 0.461. The van der Waals surface area contributed by atoms with Crippen LogP contribution in [-0.2, 0) is 22.1 Å². The third kappa shape index (κ3) is 6.43. The molecule has 0 aromatic carbocycles. The molecule has 0 spiro atoms. The first-order chi connectivity index (χ1) is 13.0. The lowest BCUT2D eigenvalue weighted by molar-refractivity contribution is -0.154. The van der Waals surface area contributed by atoms with Gasteiger partial charge in [0.2, 0.25) is 5.82 Å². The molecule has 0 fully saturated rings. The van der Waals surface area contributed by atoms with Gasteiger partial charge in [-0.25, -0.2) is 15.0 Å². The summed E-state index contributed by atoms with van der Waals surface area (Å²) in [5, 5.41) is 0. The van der Waals surface area contributed by atoms with Gasteiger partial charge in [0.05, 0.1) is 18.7 Å². The molecule has 0 saturated carbocycles. The van der Waals surface area contributed by atoms with Crippen molar-refractivity contribution in [2.24, 2.45) is 0 Å². The van der Waals surface area contributed by atoms with E-state index < -0.39 is 17.6 Å². The van der Waals surface area contributed by atoms with Crippen LogP contribution in [0.4, 0.5) is 13.2 Å². The molecule has 2 heterocycles. The van der Waals surface area contributed by atoms with Crippen LogP contribution in [0.3, 0.4) is 0 Å². The van der Waals surface area contributed by atoms with E-state index in [9.17, 15) is 18.0 Å². The molecule has 0 bridgehead atoms. The van der Waals surface area contributed by atoms with Gasteiger partial charge in [-0.1, -0.05) is 0 Å². The summed E-state index contributed by atoms with van der Waals surface area (Å²) in [6.07, 6.45) is -2.22. The number of aryl methyl sites for hydroxylation is 1. The predicted octanol–water partition coefficient (Wildman–Crippen LogP) is 3.63. The molecule has 2 aromatic heterocycles. The average molecular weight is 398 g/mol. The Kier molecular flexibility index (Phi) is 6.52. The fourth-order valence-corrected chi connectivity index (χ4v) is 2.17. The summed E-state index contributed by atoms with van der Waals surface area (Å²) in [4.78, 5) is 26.9. The lowest BCUT2D eigenvalue weighted by atomic mass is 10.1. The second-order valence-electron chi connectivity index (χ2n) is 6.84. The van der Waals surface area contributed by atoms with Crippen molar-refractivity contribution in [3.05, 3.63) is 30.0 Å². The number of carbonyl (C=O) groups is 1. The highest BCUT2D eigenvalue weighted by atomic mass is 19.4. The van der Waals surface area contributed by atoms with Gasteiger partial charge in [-0.15, -0.1) is 0 Å². The lowest BCUT2D eigenvalue weighted by Gasteiger charge is -2.19. The minimum Gasteiger partial charge on any atom is -0.464 e. The van der Waals surface area contributed by atoms with Crippen LogP contribution in [0.25, 0.3) is 11.3 Å². The Hall–Kier alpha value is -2.78. The molecule has 0 aliphatic heterocycles. The number of alkyl halides is 3. The predicted molar refractivity (Wildman–Crippen MR) is 93.4 cm³/mol. The van der Waals surface area contributed by atoms with E-state index in [1.54, 1.807) is 33.8 Å². The van der Waals surface area contributed by atoms with E-state index in [1.165, 1.54) is 0 Å². The minimum absolute atomic E-state index is 0.0547. The molecule has 2 rings (SSSR count). The smallest absolute Gasteiger partial charge is 0.451 e. The molecule has 10 heteroatoms. The fraction of sp³-hybridized carbons (Fsp3) is 0.500. The number of nitrogens with zero attached hydrogens (tertiary/aromatic N) is 4. The van der Waals surface area contributed by atoms with Gasteiger partial charge in [0.1, 0.15) is 5.60 Å². The summed E-state index contributed by atoms with van der Waals surface area (Å²) in [7, 11) is 0. The highest BCUT2D eigenvalue weighted by molar-refractivity contribution is 5.70. The number of rotatable bonds is 6. The zero-order valence-corrected chi connectivity index (χ0v) is 16.0. The van der Waals surface area contributed by atoms with Crippen LogP contribution >= 0.6 is 0 Å². The lowest BCUT2D eigenvalue weighted by Crippen LogP contribution is -2.24. The summed E-state index contributed by atoms with van der Waals surface area (Å²) in [6, 6.07) is 1.61. The van der Waals surface area contributed by atoms with E-state index in [1.807, 2.05) is 0 Å². The number of aromatic nitrogens is 4. The summed E-state index contributed by atoms with van der Waals surface area (Å²) >= 11 is 0. The first-order valence-corrected chi connectivity index (χ1v) is 8.60. The zero-order chi connectivity index (χ0) is 20.9. The highest BCUT2D eigenvalue weighted by Gasteiger charge is 2.34. The van der Waals surface area contributed by atoms with Crippen molar-refractivity contribution in [2.75, 3.05) is 6.61 Å². The summed E-state index contributed by atoms with van der Waals surface area (Å²) in [6.45, 7) is 7.36. The maximum absolute atomic E-state index is 12.6. The van der Waals surface area contributed by atoms with E-state index in [4.69, 9.17) is 9.47 Å². The molecule has 0 amide bonds. The maximum Gasteiger partial charge on any atom is 0.451 e. The maximum atomic E-state index is 12.6. The molecule has 0 saturated heterocycles. The second kappa shape index (κ2) is 8.49. The van der Waals surface area contributed by atoms with Gasteiger partial charge in [0.25, 0.3) is 0 Å². The molecule has 0 unspecified atom stereocenters. The Morgan fingerprint density at radius 3 is 2.29 bits per heavy atom. The number of hydrogen-bond acceptors (Lipinski definition) is 7. The standard InChI is InChI=1S/C18H21F3N4O3/c1-5-27-16-24-12(6-7-14(26)28-17(2,3)4)8-13(25-16)11-9-22-15(23-10-11)18(19,20)21/h8-10H,5-7H2,1-4H3. The Labute approximate surface area is 160 Å². The number of ether oxygens (including phenoxy) is 2. The minimum atomic E-state index is -4.63. The van der Waals surface area contributed by atoms with Gasteiger partial charge < -0.3 is 9.47 Å². The van der Waals surface area contributed by atoms with Crippen LogP contribution < -0.4 is 4.74 Å². The van der Waals surface area contributed by atoms with Crippen molar-refractivity contribution >= 4 is 5.97 Å². The van der Waals surface area contributed by atoms with E-state index in [2.05, 4.69) is 19.9 Å². The third-order valence-electron chi connectivity index (χ3n) is 3.24. The van der Waals surface area contributed by atoms with Crippen molar-refractivity contribution in [3.63, 3.8) is 0 Å². The normalized spacial score (nSPS) is 12.0. The quantitative estimate of drug-likeness (QED) is 0.687. The van der Waals surface area contributed by atoms with Gasteiger partial charge in [0.15, 0.2) is 0 Å². The van der Waals surface area contributed by atoms with Gasteiger partial charge in [-0.05, 0) is 33.8 Å². The van der Waals surface area contributed by atoms with Gasteiger partial charge in [-0.3, -0.25) is 4.79 Å². The highest BCUT2D eigenvalue weighted by Crippen LogP contribution is 2.27. The van der Waals surface area contributed by atoms with Crippen molar-refractivity contribution in [1.82, 2.24) is 19.9 Å². The molecule has 0 N–H and O–H groups in total. The zero-order valence-electron chi connectivity index (χ0n) is 16.0. The largest absolute Gasteiger partial charge is 0.464 e. The van der Waals surface area contributed by atoms with Crippen LogP contribution in [0.5, 0.6) is 6.01 Å². The Morgan fingerprint density at radius 2 is 1.75 bits per heavy atom. The van der Waals surface area contributed by atoms with E-state index >= 15 is 0 Å². The molecular weight excluding hydrogens is 377 g/mol. The molecule has 7 nitrogen and oxygen atoms in total. The topological polar surface area (TPSA) is 87.1 Å². The third-order valence-corrected chi connectivity index (χ3v) is 3.24. The first-order valence-electron chi connectivity index (χ1n) is 8.60. The Bertz CT molecular complexity index is 818. The molecule has 2 aromatic rings. The molecular formula is C18H21F3N4O3. The Balaban J connectivity index is 2.24. The van der Waals surface area contributed by atoms with Gasteiger partial charge in [0, 0.05) is 30.1 Å². The van der Waals surface area contributed by atoms with Crippen LogP contribution in [-0.4, -0.2) is 38.1 Å². The fourth-order valence-electron chi connectivity index (χ4n) is 2.17.